The summed E-state index contributed by atoms with van der Waals surface area (Å²) in [5.41, 5.74) is 0. The molecule has 0 aromatic heterocycles. The van der Waals surface area contributed by atoms with Crippen molar-refractivity contribution in [3.63, 3.8) is 0 Å². The standard InChI is InChI=1S/C7H9O4S/c1-4(9)12-7-5(3-8)2-6(10)11-7/h5,8H,2-3H2,1H3/q+1. The second-order valence-electron chi connectivity index (χ2n) is 2.47. The molecule has 1 heterocycles. The van der Waals surface area contributed by atoms with Crippen molar-refractivity contribution in [2.24, 2.45) is 5.92 Å². The molecule has 1 unspecified atom stereocenters. The molecule has 0 fully saturated rings. The van der Waals surface area contributed by atoms with Crippen LogP contribution in [0.15, 0.2) is 0 Å². The van der Waals surface area contributed by atoms with Crippen molar-refractivity contribution in [1.82, 2.24) is 0 Å². The summed E-state index contributed by atoms with van der Waals surface area (Å²) >= 11 is 0.873. The number of hydrogen-bond donors (Lipinski definition) is 1. The summed E-state index contributed by atoms with van der Waals surface area (Å²) in [5, 5.41) is 8.98. The van der Waals surface area contributed by atoms with Gasteiger partial charge in [0.05, 0.1) is 12.5 Å². The summed E-state index contributed by atoms with van der Waals surface area (Å²) in [4.78, 5) is 21.4. The number of aliphatic hydroxyl groups is 1. The number of rotatable bonds is 1. The average molecular weight is 189 g/mol. The molecule has 0 aromatic rings. The van der Waals surface area contributed by atoms with Crippen LogP contribution in [0, 0.1) is 5.92 Å². The summed E-state index contributed by atoms with van der Waals surface area (Å²) in [6, 6.07) is 0. The van der Waals surface area contributed by atoms with E-state index >= 15 is 0 Å². The predicted molar refractivity (Wildman–Crippen MR) is 43.5 cm³/mol. The van der Waals surface area contributed by atoms with Gasteiger partial charge in [-0.05, 0) is 0 Å². The van der Waals surface area contributed by atoms with Crippen molar-refractivity contribution in [2.45, 2.75) is 13.3 Å². The van der Waals surface area contributed by atoms with Gasteiger partial charge < -0.3 is 5.11 Å². The number of aliphatic hydroxyl groups excluding tert-OH is 1. The maximum atomic E-state index is 10.7. The van der Waals surface area contributed by atoms with Gasteiger partial charge in [0.15, 0.2) is 5.12 Å². The van der Waals surface area contributed by atoms with Gasteiger partial charge in [0, 0.05) is 23.5 Å². The Morgan fingerprint density at radius 2 is 2.50 bits per heavy atom. The van der Waals surface area contributed by atoms with Gasteiger partial charge in [-0.25, -0.2) is 0 Å². The second kappa shape index (κ2) is 3.82. The Kier molecular flexibility index (Phi) is 2.99. The molecule has 0 amide bonds. The first-order valence-electron chi connectivity index (χ1n) is 3.50. The van der Waals surface area contributed by atoms with Crippen molar-refractivity contribution in [1.29, 1.82) is 0 Å². The molecule has 0 saturated heterocycles. The fraction of sp³-hybridized carbons (Fsp3) is 0.571. The summed E-state index contributed by atoms with van der Waals surface area (Å²) < 4.78 is 4.74. The number of carbonyl (C=O) groups is 2. The molecule has 1 atom stereocenters. The number of hydrogen-bond acceptors (Lipinski definition) is 4. The van der Waals surface area contributed by atoms with E-state index in [2.05, 4.69) is 0 Å². The lowest BCUT2D eigenvalue weighted by Crippen LogP contribution is -2.12. The first-order chi connectivity index (χ1) is 5.63. The molecular formula is C7H9O4S+. The van der Waals surface area contributed by atoms with Gasteiger partial charge >= 0.3 is 5.97 Å². The van der Waals surface area contributed by atoms with Crippen LogP contribution in [-0.2, 0) is 14.0 Å². The Labute approximate surface area is 73.6 Å². The molecule has 1 aliphatic heterocycles. The first-order valence-corrected chi connectivity index (χ1v) is 4.32. The van der Waals surface area contributed by atoms with E-state index in [0.717, 1.165) is 11.8 Å². The van der Waals surface area contributed by atoms with Crippen LogP contribution in [0.2, 0.25) is 0 Å². The predicted octanol–water partition coefficient (Wildman–Crippen LogP) is -0.133. The maximum Gasteiger partial charge on any atom is 0.581 e. The van der Waals surface area contributed by atoms with Crippen LogP contribution in [0.1, 0.15) is 13.3 Å². The van der Waals surface area contributed by atoms with Crippen molar-refractivity contribution in [3.05, 3.63) is 0 Å². The Balaban J connectivity index is 2.66. The van der Waals surface area contributed by atoms with Gasteiger partial charge in [-0.15, -0.1) is 0 Å². The zero-order chi connectivity index (χ0) is 9.14. The highest BCUT2D eigenvalue weighted by Crippen LogP contribution is 2.20. The van der Waals surface area contributed by atoms with Crippen LogP contribution < -0.4 is 0 Å². The Morgan fingerprint density at radius 3 is 3.00 bits per heavy atom. The van der Waals surface area contributed by atoms with Gasteiger partial charge in [0.1, 0.15) is 6.42 Å². The molecule has 0 bridgehead atoms. The topological polar surface area (TPSA) is 65.7 Å². The van der Waals surface area contributed by atoms with E-state index in [4.69, 9.17) is 9.53 Å². The van der Waals surface area contributed by atoms with Gasteiger partial charge in [-0.1, -0.05) is 0 Å². The molecule has 1 aliphatic rings. The third-order valence-electron chi connectivity index (χ3n) is 1.43. The fourth-order valence-corrected chi connectivity index (χ4v) is 1.65. The Bertz CT molecular complexity index is 246. The van der Waals surface area contributed by atoms with E-state index < -0.39 is 0 Å². The first kappa shape index (κ1) is 9.41. The van der Waals surface area contributed by atoms with E-state index in [1.807, 2.05) is 0 Å². The van der Waals surface area contributed by atoms with E-state index in [9.17, 15) is 9.59 Å². The molecule has 0 radical (unpaired) electrons. The molecule has 0 spiro atoms. The van der Waals surface area contributed by atoms with Crippen LogP contribution in [0.5, 0.6) is 0 Å². The SMILES string of the molecule is CC(=O)SC1=[O+]C(=O)CC1CO. The second-order valence-corrected chi connectivity index (χ2v) is 3.65. The van der Waals surface area contributed by atoms with Crippen LogP contribution in [0.25, 0.3) is 0 Å². The van der Waals surface area contributed by atoms with Crippen LogP contribution in [0.3, 0.4) is 0 Å². The molecule has 1 N–H and O–H groups in total. The van der Waals surface area contributed by atoms with E-state index in [1.165, 1.54) is 6.92 Å². The molecule has 1 rings (SSSR count). The molecule has 0 aliphatic carbocycles. The highest BCUT2D eigenvalue weighted by molar-refractivity contribution is 8.26. The van der Waals surface area contributed by atoms with Crippen molar-refractivity contribution in [2.75, 3.05) is 6.61 Å². The van der Waals surface area contributed by atoms with Gasteiger partial charge in [0.25, 0.3) is 5.12 Å². The molecule has 66 valence electrons. The summed E-state index contributed by atoms with van der Waals surface area (Å²) in [6.45, 7) is 1.24. The Morgan fingerprint density at radius 1 is 1.83 bits per heavy atom. The Hall–Kier alpha value is -0.680. The van der Waals surface area contributed by atoms with Crippen LogP contribution in [0.4, 0.5) is 0 Å². The third kappa shape index (κ3) is 2.15. The van der Waals surface area contributed by atoms with Gasteiger partial charge in [-0.2, -0.15) is 0 Å². The van der Waals surface area contributed by atoms with Crippen LogP contribution >= 0.6 is 11.8 Å². The van der Waals surface area contributed by atoms with Gasteiger partial charge in [-0.3, -0.25) is 9.22 Å². The quantitative estimate of drug-likeness (QED) is 0.583. The minimum Gasteiger partial charge on any atom is -0.395 e. The van der Waals surface area contributed by atoms with Crippen molar-refractivity contribution < 1.29 is 19.1 Å². The number of carbonyl (C=O) groups excluding carboxylic acids is 3. The summed E-state index contributed by atoms with van der Waals surface area (Å²) in [7, 11) is 0. The lowest BCUT2D eigenvalue weighted by Gasteiger charge is -1.97. The molecule has 4 nitrogen and oxygen atoms in total. The minimum atomic E-state index is -0.377. The van der Waals surface area contributed by atoms with Crippen molar-refractivity contribution in [3.8, 4) is 0 Å². The van der Waals surface area contributed by atoms with Gasteiger partial charge in [0.2, 0.25) is 0 Å². The maximum absolute atomic E-state index is 10.7. The minimum absolute atomic E-state index is 0.141. The lowest BCUT2D eigenvalue weighted by atomic mass is 10.1. The highest BCUT2D eigenvalue weighted by Gasteiger charge is 2.38. The number of thioether (sulfide) groups is 1. The molecule has 0 saturated carbocycles. The lowest BCUT2D eigenvalue weighted by molar-refractivity contribution is -0.368. The van der Waals surface area contributed by atoms with E-state index in [-0.39, 0.29) is 30.0 Å². The molecule has 12 heavy (non-hydrogen) atoms. The third-order valence-corrected chi connectivity index (χ3v) is 2.33. The van der Waals surface area contributed by atoms with E-state index in [0.29, 0.717) is 5.12 Å². The average Bonchev–Trinajstić information content (AvgIpc) is 2.29. The molecule has 5 heteroatoms. The molecular weight excluding hydrogens is 180 g/mol. The monoisotopic (exact) mass is 189 g/mol. The zero-order valence-electron chi connectivity index (χ0n) is 6.57. The molecule has 0 aromatic carbocycles. The highest BCUT2D eigenvalue weighted by atomic mass is 32.2. The largest absolute Gasteiger partial charge is 0.581 e. The summed E-state index contributed by atoms with van der Waals surface area (Å²) in [6.07, 6.45) is 0.173. The van der Waals surface area contributed by atoms with Crippen LogP contribution in [-0.4, -0.2) is 27.9 Å². The summed E-state index contributed by atoms with van der Waals surface area (Å²) in [5.74, 6) is -0.691. The normalized spacial score (nSPS) is 22.7. The zero-order valence-corrected chi connectivity index (χ0v) is 7.39. The smallest absolute Gasteiger partial charge is 0.395 e. The van der Waals surface area contributed by atoms with Crippen molar-refractivity contribution >= 4 is 28.0 Å². The fourth-order valence-electron chi connectivity index (χ4n) is 0.907. The van der Waals surface area contributed by atoms with E-state index in [1.54, 1.807) is 0 Å².